The Balaban J connectivity index is 1.57. The Hall–Kier alpha value is -5.40. The van der Waals surface area contributed by atoms with Crippen LogP contribution in [-0.4, -0.2) is 95.0 Å². The van der Waals surface area contributed by atoms with E-state index in [1.807, 2.05) is 38.1 Å². The number of hydrogen-bond acceptors (Lipinski definition) is 10. The molecule has 1 aromatic carbocycles. The first-order valence-corrected chi connectivity index (χ1v) is 26.3. The van der Waals surface area contributed by atoms with Crippen LogP contribution < -0.4 is 20.9 Å². The fourth-order valence-corrected chi connectivity index (χ4v) is 10.6. The topological polar surface area (TPSA) is 179 Å². The van der Waals surface area contributed by atoms with Gasteiger partial charge in [-0.1, -0.05) is 67.2 Å². The number of nitrogens with one attached hydrogen (secondary N) is 3. The highest BCUT2D eigenvalue weighted by Crippen LogP contribution is 2.53. The summed E-state index contributed by atoms with van der Waals surface area (Å²) in [5.41, 5.74) is 4.86. The van der Waals surface area contributed by atoms with Gasteiger partial charge in [-0.05, 0) is 129 Å². The number of aliphatic hydroxyl groups is 1. The number of carbonyl (C=O) groups is 5. The number of amides is 4. The highest BCUT2D eigenvalue weighted by atomic mass is 16.6. The van der Waals surface area contributed by atoms with Crippen LogP contribution in [-0.2, 0) is 29.3 Å². The second-order valence-corrected chi connectivity index (χ2v) is 21.3. The van der Waals surface area contributed by atoms with Crippen LogP contribution in [0.15, 0.2) is 57.5 Å². The number of ether oxygens (including phenoxy) is 2. The maximum absolute atomic E-state index is 15.0. The third kappa shape index (κ3) is 12.0. The Morgan fingerprint density at radius 1 is 0.729 bits per heavy atom. The van der Waals surface area contributed by atoms with Gasteiger partial charge in [0.15, 0.2) is 0 Å². The van der Waals surface area contributed by atoms with Crippen molar-refractivity contribution < 1.29 is 38.6 Å². The van der Waals surface area contributed by atoms with Crippen LogP contribution in [0, 0.1) is 5.41 Å². The summed E-state index contributed by atoms with van der Waals surface area (Å²) in [7, 11) is 0. The maximum Gasteiger partial charge on any atom is 0.407 e. The third-order valence-electron chi connectivity index (χ3n) is 15.0. The Bertz CT molecular complexity index is 2300. The standard InChI is InChI=1S/C56H84N6O8/c1-15-19-23-37(69-53(67)57-17-3)25-21-27-47(63)59-43-31-45-41(55(11,12)35(9)61(45)33(5)6)29-39(43)49-51(65)50(52(49)66)40-30-42-46(62(34(7)8)36(10)56(42,13)14)32-44(40)60-48(64)28-22-26-38(24-20-16-2)70-54(68)58-18-4/h29-38,65H,15-28H2,1-14H3,(H,57,67)(H,58,68)(H,59,63). The van der Waals surface area contributed by atoms with E-state index in [4.69, 9.17) is 9.47 Å². The van der Waals surface area contributed by atoms with E-state index in [2.05, 4.69) is 114 Å². The van der Waals surface area contributed by atoms with Gasteiger partial charge in [0.2, 0.25) is 17.6 Å². The van der Waals surface area contributed by atoms with Gasteiger partial charge in [0.1, 0.15) is 18.0 Å². The lowest BCUT2D eigenvalue weighted by molar-refractivity contribution is -0.118. The average molecular weight is 969 g/mol. The lowest BCUT2D eigenvalue weighted by Crippen LogP contribution is -2.42. The molecule has 14 nitrogen and oxygen atoms in total. The number of fused-ring (bicyclic) bond motifs is 2. The van der Waals surface area contributed by atoms with Gasteiger partial charge in [-0.2, -0.15) is 0 Å². The van der Waals surface area contributed by atoms with E-state index in [0.29, 0.717) is 74.2 Å². The molecule has 2 aliphatic carbocycles. The first kappa shape index (κ1) is 55.5. The Morgan fingerprint density at radius 2 is 1.26 bits per heavy atom. The molecule has 0 aromatic heterocycles. The van der Waals surface area contributed by atoms with Crippen LogP contribution in [0.1, 0.15) is 185 Å². The molecule has 1 fully saturated rings. The quantitative estimate of drug-likeness (QED) is 0.0817. The third-order valence-corrected chi connectivity index (χ3v) is 15.0. The summed E-state index contributed by atoms with van der Waals surface area (Å²) >= 11 is 0. The molecule has 0 saturated carbocycles. The average Bonchev–Trinajstić information content (AvgIpc) is 3.60. The normalized spacial score (nSPS) is 21.5. The number of likely N-dealkylation sites (tertiary alicyclic amines) is 1. The second kappa shape index (κ2) is 23.7. The molecule has 4 N–H and O–H groups in total. The summed E-state index contributed by atoms with van der Waals surface area (Å²) < 4.78 is 11.4. The summed E-state index contributed by atoms with van der Waals surface area (Å²) in [6.45, 7) is 30.3. The van der Waals surface area contributed by atoms with E-state index in [0.717, 1.165) is 48.2 Å². The van der Waals surface area contributed by atoms with Gasteiger partial charge in [0, 0.05) is 83.4 Å². The predicted molar refractivity (Wildman–Crippen MR) is 280 cm³/mol. The number of allylic oxidation sites excluding steroid dienone is 6. The number of nitrogens with zero attached hydrogens (tertiary/aromatic N) is 3. The molecule has 0 radical (unpaired) electrons. The number of benzene rings is 1. The van der Waals surface area contributed by atoms with Gasteiger partial charge < -0.3 is 40.3 Å². The number of aliphatic imine (C=N–C) groups is 1. The highest BCUT2D eigenvalue weighted by molar-refractivity contribution is 6.42. The zero-order chi connectivity index (χ0) is 51.8. The van der Waals surface area contributed by atoms with Crippen LogP contribution in [0.25, 0.3) is 5.57 Å². The minimum atomic E-state index is -0.471. The van der Waals surface area contributed by atoms with Gasteiger partial charge in [-0.25, -0.2) is 14.6 Å². The smallest absolute Gasteiger partial charge is 0.407 e. The van der Waals surface area contributed by atoms with Crippen molar-refractivity contribution >= 4 is 52.4 Å². The summed E-state index contributed by atoms with van der Waals surface area (Å²) in [4.78, 5) is 76.7. The molecule has 14 heteroatoms. The fraction of sp³-hybridized carbons (Fsp3) is 0.643. The van der Waals surface area contributed by atoms with Crippen LogP contribution in [0.3, 0.4) is 0 Å². The van der Waals surface area contributed by atoms with Crippen molar-refractivity contribution in [2.45, 2.75) is 216 Å². The van der Waals surface area contributed by atoms with Gasteiger partial charge in [-0.3, -0.25) is 14.4 Å². The monoisotopic (exact) mass is 969 g/mol. The highest BCUT2D eigenvalue weighted by Gasteiger charge is 2.49. The predicted octanol–water partition coefficient (Wildman–Crippen LogP) is 11.5. The zero-order valence-corrected chi connectivity index (χ0v) is 44.8. The van der Waals surface area contributed by atoms with E-state index in [9.17, 15) is 29.1 Å². The van der Waals surface area contributed by atoms with Gasteiger partial charge in [0.05, 0.1) is 22.5 Å². The Kier molecular flexibility index (Phi) is 18.8. The first-order chi connectivity index (χ1) is 33.0. The molecule has 1 aromatic rings. The van der Waals surface area contributed by atoms with Gasteiger partial charge in [-0.15, -0.1) is 0 Å². The molecule has 4 amide bonds. The molecule has 4 unspecified atom stereocenters. The summed E-state index contributed by atoms with van der Waals surface area (Å²) in [5, 5.41) is 20.9. The number of Topliss-reactive ketones (excluding diaryl/α,β-unsaturated/α-hetero) is 1. The molecule has 2 heterocycles. The molecule has 4 atom stereocenters. The first-order valence-electron chi connectivity index (χ1n) is 26.3. The van der Waals surface area contributed by atoms with Crippen molar-refractivity contribution in [3.8, 4) is 0 Å². The largest absolute Gasteiger partial charge is 0.506 e. The minimum Gasteiger partial charge on any atom is -0.506 e. The molecule has 2 aliphatic heterocycles. The summed E-state index contributed by atoms with van der Waals surface area (Å²) in [5.74, 6) is -1.27. The molecule has 0 bridgehead atoms. The maximum atomic E-state index is 15.0. The van der Waals surface area contributed by atoms with E-state index >= 15 is 0 Å². The van der Waals surface area contributed by atoms with Crippen LogP contribution >= 0.6 is 0 Å². The lowest BCUT2D eigenvalue weighted by Gasteiger charge is -2.34. The number of ketones is 1. The molecule has 4 aliphatic rings. The zero-order valence-electron chi connectivity index (χ0n) is 44.8. The molecule has 70 heavy (non-hydrogen) atoms. The van der Waals surface area contributed by atoms with Crippen molar-refractivity contribution in [3.05, 3.63) is 63.6 Å². The number of aliphatic hydroxyl groups excluding tert-OH is 1. The minimum absolute atomic E-state index is 0.0743. The molecular formula is C56H84N6O8. The SMILES string of the molecule is CCCCC(CCCC(=O)N=C1C=C2C(=CC1=C1C(=O)C(c3cc4c(cc3NC(=O)CCCC(CCCC)OC(=O)NCC)N(C(C)C)C(C)C4(C)C)=C1O)C(C)(C)C(C)N2C(C)C)OC(=O)NCC. The van der Waals surface area contributed by atoms with Gasteiger partial charge >= 0.3 is 12.2 Å². The summed E-state index contributed by atoms with van der Waals surface area (Å²) in [6, 6.07) is 4.33. The molecule has 5 rings (SSSR count). The van der Waals surface area contributed by atoms with Crippen LogP contribution in [0.4, 0.5) is 21.0 Å². The number of unbranched alkanes of at least 4 members (excludes halogenated alkanes) is 2. The Morgan fingerprint density at radius 3 is 1.77 bits per heavy atom. The second-order valence-electron chi connectivity index (χ2n) is 21.3. The van der Waals surface area contributed by atoms with Crippen molar-refractivity contribution in [1.82, 2.24) is 15.5 Å². The number of anilines is 2. The lowest BCUT2D eigenvalue weighted by atomic mass is 9.73. The molecule has 0 spiro atoms. The Labute approximate surface area is 418 Å². The van der Waals surface area contributed by atoms with Crippen LogP contribution in [0.5, 0.6) is 0 Å². The number of rotatable bonds is 22. The van der Waals surface area contributed by atoms with Gasteiger partial charge in [0.25, 0.3) is 0 Å². The molecular weight excluding hydrogens is 885 g/mol. The molecule has 386 valence electrons. The fourth-order valence-electron chi connectivity index (χ4n) is 10.6. The van der Waals surface area contributed by atoms with E-state index in [1.54, 1.807) is 0 Å². The summed E-state index contributed by atoms with van der Waals surface area (Å²) in [6.07, 6.45) is 9.50. The van der Waals surface area contributed by atoms with E-state index in [-0.39, 0.29) is 88.8 Å². The number of carbonyl (C=O) groups excluding carboxylic acids is 5. The molecule has 1 saturated heterocycles. The number of alkyl carbamates (subject to hydrolysis) is 2. The van der Waals surface area contributed by atoms with Crippen LogP contribution in [0.2, 0.25) is 0 Å². The van der Waals surface area contributed by atoms with Crippen molar-refractivity contribution in [2.24, 2.45) is 10.4 Å². The van der Waals surface area contributed by atoms with Crippen molar-refractivity contribution in [3.63, 3.8) is 0 Å². The number of hydrogen-bond donors (Lipinski definition) is 4. The van der Waals surface area contributed by atoms with E-state index in [1.165, 1.54) is 0 Å². The van der Waals surface area contributed by atoms with Crippen molar-refractivity contribution in [1.29, 1.82) is 0 Å². The van der Waals surface area contributed by atoms with E-state index < -0.39 is 18.0 Å². The van der Waals surface area contributed by atoms with Crippen molar-refractivity contribution in [2.75, 3.05) is 23.3 Å².